The molecule has 0 aliphatic carbocycles. The number of likely N-dealkylation sites (N-methyl/N-ethyl adjacent to an activating group) is 1. The molecule has 0 amide bonds. The Hall–Kier alpha value is -1.68. The van der Waals surface area contributed by atoms with Crippen molar-refractivity contribution in [3.63, 3.8) is 0 Å². The minimum Gasteiger partial charge on any atom is -0.387 e. The average Bonchev–Trinajstić information content (AvgIpc) is 2.55. The highest BCUT2D eigenvalue weighted by Crippen LogP contribution is 2.21. The molecule has 0 saturated carbocycles. The van der Waals surface area contributed by atoms with Crippen LogP contribution in [0.15, 0.2) is 60.7 Å². The Kier molecular flexibility index (Phi) is 5.51. The van der Waals surface area contributed by atoms with E-state index in [1.807, 2.05) is 74.6 Å². The third-order valence-electron chi connectivity index (χ3n) is 4.01. The van der Waals surface area contributed by atoms with Crippen molar-refractivity contribution in [3.05, 3.63) is 71.8 Å². The summed E-state index contributed by atoms with van der Waals surface area (Å²) < 4.78 is 0. The minimum absolute atomic E-state index is 0.00200. The predicted octanol–water partition coefficient (Wildman–Crippen LogP) is 2.74. The van der Waals surface area contributed by atoms with E-state index in [9.17, 15) is 5.11 Å². The van der Waals surface area contributed by atoms with E-state index in [-0.39, 0.29) is 12.1 Å². The highest BCUT2D eigenvalue weighted by atomic mass is 16.3. The van der Waals surface area contributed by atoms with Crippen LogP contribution in [0.2, 0.25) is 0 Å². The van der Waals surface area contributed by atoms with Crippen LogP contribution < -0.4 is 5.73 Å². The molecule has 3 N–H and O–H groups in total. The van der Waals surface area contributed by atoms with Crippen molar-refractivity contribution in [1.82, 2.24) is 4.90 Å². The fourth-order valence-corrected chi connectivity index (χ4v) is 2.45. The summed E-state index contributed by atoms with van der Waals surface area (Å²) in [6.45, 7) is 2.73. The van der Waals surface area contributed by atoms with Gasteiger partial charge in [-0.15, -0.1) is 0 Å². The van der Waals surface area contributed by atoms with Gasteiger partial charge in [0.05, 0.1) is 6.10 Å². The zero-order valence-corrected chi connectivity index (χ0v) is 12.7. The molecule has 0 heterocycles. The Morgan fingerprint density at radius 3 is 1.95 bits per heavy atom. The van der Waals surface area contributed by atoms with Crippen molar-refractivity contribution >= 4 is 0 Å². The van der Waals surface area contributed by atoms with Crippen molar-refractivity contribution in [2.45, 2.75) is 25.1 Å². The molecule has 0 aliphatic rings. The molecule has 0 fully saturated rings. The van der Waals surface area contributed by atoms with Gasteiger partial charge in [0, 0.05) is 18.6 Å². The summed E-state index contributed by atoms with van der Waals surface area (Å²) in [4.78, 5) is 2.11. The zero-order chi connectivity index (χ0) is 15.2. The molecule has 0 saturated heterocycles. The smallest absolute Gasteiger partial charge is 0.0942 e. The average molecular weight is 284 g/mol. The molecule has 3 atom stereocenters. The van der Waals surface area contributed by atoms with Gasteiger partial charge in [0.2, 0.25) is 0 Å². The molecule has 2 aromatic rings. The van der Waals surface area contributed by atoms with Gasteiger partial charge in [-0.25, -0.2) is 0 Å². The summed E-state index contributed by atoms with van der Waals surface area (Å²) >= 11 is 0. The van der Waals surface area contributed by atoms with Gasteiger partial charge in [0.15, 0.2) is 0 Å². The van der Waals surface area contributed by atoms with Gasteiger partial charge in [0.25, 0.3) is 0 Å². The maximum absolute atomic E-state index is 10.5. The molecule has 0 unspecified atom stereocenters. The Bertz CT molecular complexity index is 529. The normalized spacial score (nSPS) is 15.7. The second-order valence-electron chi connectivity index (χ2n) is 5.55. The fraction of sp³-hybridized carbons (Fsp3) is 0.333. The molecule has 3 heteroatoms. The Morgan fingerprint density at radius 2 is 1.43 bits per heavy atom. The summed E-state index contributed by atoms with van der Waals surface area (Å²) in [5.41, 5.74) is 8.30. The first-order valence-electron chi connectivity index (χ1n) is 7.33. The lowest BCUT2D eigenvalue weighted by Gasteiger charge is -2.31. The largest absolute Gasteiger partial charge is 0.387 e. The van der Waals surface area contributed by atoms with Crippen LogP contribution in [0.5, 0.6) is 0 Å². The predicted molar refractivity (Wildman–Crippen MR) is 86.9 cm³/mol. The van der Waals surface area contributed by atoms with E-state index in [1.165, 1.54) is 0 Å². The van der Waals surface area contributed by atoms with E-state index in [0.29, 0.717) is 6.54 Å². The van der Waals surface area contributed by atoms with Crippen LogP contribution in [-0.4, -0.2) is 29.6 Å². The van der Waals surface area contributed by atoms with Crippen molar-refractivity contribution in [2.75, 3.05) is 13.6 Å². The van der Waals surface area contributed by atoms with Gasteiger partial charge in [-0.1, -0.05) is 60.7 Å². The number of aliphatic hydroxyl groups excluding tert-OH is 1. The molecule has 0 radical (unpaired) electrons. The number of aliphatic hydroxyl groups is 1. The third-order valence-corrected chi connectivity index (χ3v) is 4.01. The standard InChI is InChI=1S/C18H24N2O/c1-14(18(21)16-11-7-4-8-12-16)20(2)13-17(19)15-9-5-3-6-10-15/h3-12,14,17-18,21H,13,19H2,1-2H3/t14-,17+,18+/m0/s1. The van der Waals surface area contributed by atoms with E-state index in [2.05, 4.69) is 4.90 Å². The molecular formula is C18H24N2O. The van der Waals surface area contributed by atoms with E-state index < -0.39 is 6.10 Å². The molecule has 0 aliphatic heterocycles. The number of nitrogens with two attached hydrogens (primary N) is 1. The van der Waals surface area contributed by atoms with E-state index >= 15 is 0 Å². The van der Waals surface area contributed by atoms with Crippen LogP contribution >= 0.6 is 0 Å². The maximum atomic E-state index is 10.5. The number of hydrogen-bond acceptors (Lipinski definition) is 3. The van der Waals surface area contributed by atoms with Crippen LogP contribution in [0.25, 0.3) is 0 Å². The molecule has 0 spiro atoms. The SMILES string of the molecule is C[C@@H]([C@@H](O)c1ccccc1)N(C)C[C@@H](N)c1ccccc1. The molecule has 2 aromatic carbocycles. The Labute approximate surface area is 127 Å². The van der Waals surface area contributed by atoms with Gasteiger partial charge >= 0.3 is 0 Å². The van der Waals surface area contributed by atoms with Crippen LogP contribution in [-0.2, 0) is 0 Å². The lowest BCUT2D eigenvalue weighted by molar-refractivity contribution is 0.0696. The van der Waals surface area contributed by atoms with Gasteiger partial charge in [-0.2, -0.15) is 0 Å². The summed E-state index contributed by atoms with van der Waals surface area (Å²) in [6.07, 6.45) is -0.515. The highest BCUT2D eigenvalue weighted by Gasteiger charge is 2.22. The second kappa shape index (κ2) is 7.36. The highest BCUT2D eigenvalue weighted by molar-refractivity contribution is 5.20. The van der Waals surface area contributed by atoms with Gasteiger partial charge in [0.1, 0.15) is 0 Å². The van der Waals surface area contributed by atoms with Crippen LogP contribution in [0.3, 0.4) is 0 Å². The van der Waals surface area contributed by atoms with Crippen molar-refractivity contribution in [2.24, 2.45) is 5.73 Å². The zero-order valence-electron chi connectivity index (χ0n) is 12.7. The number of rotatable bonds is 6. The third kappa shape index (κ3) is 4.14. The second-order valence-corrected chi connectivity index (χ2v) is 5.55. The van der Waals surface area contributed by atoms with Crippen molar-refractivity contribution in [1.29, 1.82) is 0 Å². The monoisotopic (exact) mass is 284 g/mol. The topological polar surface area (TPSA) is 49.5 Å². The van der Waals surface area contributed by atoms with Gasteiger partial charge in [-0.05, 0) is 25.1 Å². The van der Waals surface area contributed by atoms with Crippen LogP contribution in [0.4, 0.5) is 0 Å². The molecule has 0 aromatic heterocycles. The lowest BCUT2D eigenvalue weighted by Crippen LogP contribution is -2.39. The molecule has 112 valence electrons. The number of nitrogens with zero attached hydrogens (tertiary/aromatic N) is 1. The van der Waals surface area contributed by atoms with Crippen molar-refractivity contribution < 1.29 is 5.11 Å². The summed E-state index contributed by atoms with van der Waals surface area (Å²) in [6, 6.07) is 19.8. The minimum atomic E-state index is -0.515. The maximum Gasteiger partial charge on any atom is 0.0942 e. The quantitative estimate of drug-likeness (QED) is 0.857. The Balaban J connectivity index is 1.98. The van der Waals surface area contributed by atoms with Crippen LogP contribution in [0.1, 0.15) is 30.2 Å². The summed E-state index contributed by atoms with van der Waals surface area (Å²) in [7, 11) is 2.00. The van der Waals surface area contributed by atoms with Gasteiger partial charge in [-0.3, -0.25) is 4.90 Å². The van der Waals surface area contributed by atoms with E-state index in [0.717, 1.165) is 11.1 Å². The van der Waals surface area contributed by atoms with E-state index in [1.54, 1.807) is 0 Å². The summed E-state index contributed by atoms with van der Waals surface area (Å²) in [5.74, 6) is 0. The molecule has 21 heavy (non-hydrogen) atoms. The van der Waals surface area contributed by atoms with E-state index in [4.69, 9.17) is 5.73 Å². The first kappa shape index (κ1) is 15.7. The molecular weight excluding hydrogens is 260 g/mol. The lowest BCUT2D eigenvalue weighted by atomic mass is 10.0. The molecule has 2 rings (SSSR count). The molecule has 3 nitrogen and oxygen atoms in total. The summed E-state index contributed by atoms with van der Waals surface area (Å²) in [5, 5.41) is 10.5. The molecule has 0 bridgehead atoms. The Morgan fingerprint density at radius 1 is 0.952 bits per heavy atom. The van der Waals surface area contributed by atoms with Crippen molar-refractivity contribution in [3.8, 4) is 0 Å². The van der Waals surface area contributed by atoms with Gasteiger partial charge < -0.3 is 10.8 Å². The number of hydrogen-bond donors (Lipinski definition) is 2. The first-order chi connectivity index (χ1) is 10.1. The fourth-order valence-electron chi connectivity index (χ4n) is 2.45. The first-order valence-corrected chi connectivity index (χ1v) is 7.33. The number of benzene rings is 2. The van der Waals surface area contributed by atoms with Crippen LogP contribution in [0, 0.1) is 0 Å².